The van der Waals surface area contributed by atoms with E-state index in [9.17, 15) is 19.4 Å². The summed E-state index contributed by atoms with van der Waals surface area (Å²) in [6.07, 6.45) is -0.341. The molecule has 0 radical (unpaired) electrons. The van der Waals surface area contributed by atoms with Gasteiger partial charge in [0.2, 0.25) is 6.10 Å². The molecule has 8 rings (SSSR count). The number of carbonyl (C=O) groups is 1. The number of halogens is 2. The maximum absolute atomic E-state index is 14.2. The number of pyridine rings is 1. The van der Waals surface area contributed by atoms with Crippen LogP contribution in [0.25, 0.3) is 43.2 Å². The summed E-state index contributed by atoms with van der Waals surface area (Å²) in [5, 5.41) is 23.5. The first-order chi connectivity index (χ1) is 30.6. The molecular formula is C48H45ClFN5O7S. The molecule has 1 aliphatic rings. The van der Waals surface area contributed by atoms with E-state index in [0.717, 1.165) is 43.2 Å². The van der Waals surface area contributed by atoms with Gasteiger partial charge in [0, 0.05) is 61.1 Å². The van der Waals surface area contributed by atoms with Crippen molar-refractivity contribution in [3.63, 3.8) is 0 Å². The Kier molecular flexibility index (Phi) is 13.4. The second-order valence-electron chi connectivity index (χ2n) is 15.1. The number of aliphatic carboxylic acids is 1. The van der Waals surface area contributed by atoms with E-state index in [4.69, 9.17) is 30.5 Å². The quantitative estimate of drug-likeness (QED) is 0.0958. The summed E-state index contributed by atoms with van der Waals surface area (Å²) in [5.74, 6) is 0.200. The van der Waals surface area contributed by atoms with E-state index in [1.54, 1.807) is 61.8 Å². The summed E-state index contributed by atoms with van der Waals surface area (Å²) < 4.78 is 38.5. The highest BCUT2D eigenvalue weighted by atomic mass is 35.5. The van der Waals surface area contributed by atoms with Gasteiger partial charge in [0.25, 0.3) is 0 Å². The van der Waals surface area contributed by atoms with Gasteiger partial charge in [-0.25, -0.2) is 24.1 Å². The molecule has 0 saturated carbocycles. The molecule has 324 valence electrons. The molecular weight excluding hydrogens is 845 g/mol. The summed E-state index contributed by atoms with van der Waals surface area (Å²) in [6.45, 7) is 7.06. The summed E-state index contributed by atoms with van der Waals surface area (Å²) in [6, 6.07) is 27.2. The Labute approximate surface area is 373 Å². The van der Waals surface area contributed by atoms with Crippen LogP contribution in [-0.4, -0.2) is 101 Å². The van der Waals surface area contributed by atoms with Gasteiger partial charge in [0.15, 0.2) is 5.82 Å². The van der Waals surface area contributed by atoms with E-state index in [1.807, 2.05) is 43.3 Å². The van der Waals surface area contributed by atoms with Crippen molar-refractivity contribution in [2.24, 2.45) is 0 Å². The topological polar surface area (TPSA) is 140 Å². The molecule has 0 aliphatic carbocycles. The number of nitrogens with zero attached hydrogens (tertiary/aromatic N) is 5. The van der Waals surface area contributed by atoms with Crippen LogP contribution in [0.5, 0.6) is 23.0 Å². The molecule has 1 fully saturated rings. The third-order valence-electron chi connectivity index (χ3n) is 11.0. The normalized spacial score (nSPS) is 14.3. The Balaban J connectivity index is 1.10. The number of ether oxygens (including phenoxy) is 4. The molecule has 1 saturated heterocycles. The Hall–Kier alpha value is -6.16. The number of piperazine rings is 1. The average Bonchev–Trinajstić information content (AvgIpc) is 3.69. The molecule has 0 bridgehead atoms. The monoisotopic (exact) mass is 889 g/mol. The zero-order valence-electron chi connectivity index (χ0n) is 34.8. The minimum absolute atomic E-state index is 0.00952. The highest BCUT2D eigenvalue weighted by Crippen LogP contribution is 2.50. The van der Waals surface area contributed by atoms with Crippen LogP contribution in [0.3, 0.4) is 0 Å². The highest BCUT2D eigenvalue weighted by Gasteiger charge is 2.34. The molecule has 0 amide bonds. The van der Waals surface area contributed by atoms with Gasteiger partial charge in [0.1, 0.15) is 53.0 Å². The molecule has 1 aliphatic heterocycles. The van der Waals surface area contributed by atoms with E-state index < -0.39 is 24.0 Å². The van der Waals surface area contributed by atoms with Crippen molar-refractivity contribution in [3.05, 3.63) is 137 Å². The predicted molar refractivity (Wildman–Crippen MR) is 241 cm³/mol. The number of carboxylic acids is 1. The number of thiophene rings is 1. The van der Waals surface area contributed by atoms with Gasteiger partial charge in [-0.15, -0.1) is 11.3 Å². The maximum Gasteiger partial charge on any atom is 0.348 e. The lowest BCUT2D eigenvalue weighted by Crippen LogP contribution is -2.45. The zero-order valence-corrected chi connectivity index (χ0v) is 36.4. The first-order valence-electron chi connectivity index (χ1n) is 20.3. The molecule has 63 heavy (non-hydrogen) atoms. The number of rotatable bonds is 16. The van der Waals surface area contributed by atoms with Crippen molar-refractivity contribution in [3.8, 4) is 56.0 Å². The van der Waals surface area contributed by atoms with Crippen LogP contribution in [-0.2, 0) is 11.4 Å². The molecule has 0 spiro atoms. The fraction of sp³-hybridized carbons (Fsp3) is 0.250. The fourth-order valence-electron chi connectivity index (χ4n) is 7.55. The lowest BCUT2D eigenvalue weighted by Gasteiger charge is -2.32. The third kappa shape index (κ3) is 9.60. The smallest absolute Gasteiger partial charge is 0.348 e. The Morgan fingerprint density at radius 2 is 1.59 bits per heavy atom. The van der Waals surface area contributed by atoms with Crippen LogP contribution in [0.2, 0.25) is 5.02 Å². The van der Waals surface area contributed by atoms with Gasteiger partial charge in [0.05, 0.1) is 28.8 Å². The molecule has 2 atom stereocenters. The molecule has 4 aromatic carbocycles. The molecule has 15 heteroatoms. The first-order valence-corrected chi connectivity index (χ1v) is 21.5. The lowest BCUT2D eigenvalue weighted by molar-refractivity contribution is -0.150. The van der Waals surface area contributed by atoms with Gasteiger partial charge >= 0.3 is 5.97 Å². The Bertz CT molecular complexity index is 2730. The number of aromatic nitrogens is 3. The maximum atomic E-state index is 14.2. The van der Waals surface area contributed by atoms with E-state index in [-0.39, 0.29) is 23.7 Å². The number of carboxylic acid groups (broad SMARTS) is 1. The first kappa shape index (κ1) is 43.5. The van der Waals surface area contributed by atoms with Crippen molar-refractivity contribution < 1.29 is 38.3 Å². The Morgan fingerprint density at radius 3 is 2.35 bits per heavy atom. The molecule has 2 unspecified atom stereocenters. The number of aliphatic hydroxyl groups excluding tert-OH is 1. The number of hydrogen-bond acceptors (Lipinski definition) is 12. The highest BCUT2D eigenvalue weighted by molar-refractivity contribution is 7.22. The number of hydrogen-bond donors (Lipinski definition) is 2. The number of aliphatic hydroxyl groups is 1. The van der Waals surface area contributed by atoms with Gasteiger partial charge in [-0.3, -0.25) is 4.90 Å². The van der Waals surface area contributed by atoms with E-state index >= 15 is 0 Å². The Morgan fingerprint density at radius 1 is 0.857 bits per heavy atom. The molecule has 12 nitrogen and oxygen atoms in total. The van der Waals surface area contributed by atoms with Crippen LogP contribution < -0.4 is 18.9 Å². The second-order valence-corrected chi connectivity index (χ2v) is 16.4. The number of fused-ring (bicyclic) bond motifs is 1. The molecule has 4 heterocycles. The number of likely N-dealkylation sites (N-methyl/N-ethyl adjacent to an activating group) is 1. The minimum atomic E-state index is -1.79. The van der Waals surface area contributed by atoms with Gasteiger partial charge < -0.3 is 34.1 Å². The molecule has 2 N–H and O–H groups in total. The molecule has 7 aromatic rings. The van der Waals surface area contributed by atoms with Crippen LogP contribution in [0, 0.1) is 12.7 Å². The van der Waals surface area contributed by atoms with Crippen molar-refractivity contribution in [2.75, 3.05) is 53.5 Å². The van der Waals surface area contributed by atoms with Crippen molar-refractivity contribution in [2.45, 2.75) is 25.7 Å². The summed E-state index contributed by atoms with van der Waals surface area (Å²) >= 11 is 8.40. The van der Waals surface area contributed by atoms with Crippen LogP contribution in [0.15, 0.2) is 109 Å². The van der Waals surface area contributed by atoms with Gasteiger partial charge in [-0.1, -0.05) is 60.1 Å². The SMILES string of the molecule is COc1ccccc1-c1nccc(COc2ccccc2C(O)C(Oc2ccnc3sc(-c4ccc(F)cc4)c(-c4ccc(OCCN5CCN(C)CC5)c(Cl)c4C)c23)C(=O)O)n1. The predicted octanol–water partition coefficient (Wildman–Crippen LogP) is 8.97. The van der Waals surface area contributed by atoms with Crippen molar-refractivity contribution in [1.29, 1.82) is 0 Å². The lowest BCUT2D eigenvalue weighted by atomic mass is 9.95. The fourth-order valence-corrected chi connectivity index (χ4v) is 8.95. The standard InChI is InChI=1S/C48H45ClFN5O7S/c1-29-33(16-17-39(42(29)49)60-27-26-55-24-22-54(2)23-25-55)40-41-38(19-21-52-47(41)63-45(40)30-12-14-31(50)15-13-30)62-44(48(57)58)43(56)34-8-4-7-11-37(34)61-28-32-18-20-51-46(53-32)35-9-5-6-10-36(35)59-3/h4-21,43-44,56H,22-28H2,1-3H3,(H,57,58). The number of para-hydroxylation sites is 2. The van der Waals surface area contributed by atoms with Gasteiger partial charge in [-0.05, 0) is 79.2 Å². The average molecular weight is 890 g/mol. The van der Waals surface area contributed by atoms with E-state index in [1.165, 1.54) is 29.7 Å². The van der Waals surface area contributed by atoms with Crippen LogP contribution in [0.4, 0.5) is 4.39 Å². The largest absolute Gasteiger partial charge is 0.496 e. The second kappa shape index (κ2) is 19.5. The summed E-state index contributed by atoms with van der Waals surface area (Å²) in [7, 11) is 3.70. The van der Waals surface area contributed by atoms with Gasteiger partial charge in [-0.2, -0.15) is 0 Å². The number of methoxy groups -OCH3 is 1. The zero-order chi connectivity index (χ0) is 44.0. The third-order valence-corrected chi connectivity index (χ3v) is 12.6. The summed E-state index contributed by atoms with van der Waals surface area (Å²) in [4.78, 5) is 32.8. The van der Waals surface area contributed by atoms with E-state index in [0.29, 0.717) is 67.1 Å². The molecule has 3 aromatic heterocycles. The van der Waals surface area contributed by atoms with Crippen molar-refractivity contribution >= 4 is 39.1 Å². The van der Waals surface area contributed by atoms with Crippen LogP contribution in [0.1, 0.15) is 22.9 Å². The van der Waals surface area contributed by atoms with Crippen LogP contribution >= 0.6 is 22.9 Å². The van der Waals surface area contributed by atoms with Crippen molar-refractivity contribution in [1.82, 2.24) is 24.8 Å². The number of benzene rings is 4. The van der Waals surface area contributed by atoms with E-state index in [2.05, 4.69) is 31.8 Å². The minimum Gasteiger partial charge on any atom is -0.496 e. The summed E-state index contributed by atoms with van der Waals surface area (Å²) in [5.41, 5.74) is 4.25.